The molecular formula is C16H22Cl2IN5. The van der Waals surface area contributed by atoms with Crippen molar-refractivity contribution in [3.05, 3.63) is 51.8 Å². The Morgan fingerprint density at radius 2 is 2.12 bits per heavy atom. The van der Waals surface area contributed by atoms with Crippen LogP contribution < -0.4 is 10.6 Å². The van der Waals surface area contributed by atoms with Gasteiger partial charge in [-0.05, 0) is 37.1 Å². The molecule has 2 rings (SSSR count). The van der Waals surface area contributed by atoms with Crippen LogP contribution in [0.2, 0.25) is 10.0 Å². The second-order valence-electron chi connectivity index (χ2n) is 5.31. The van der Waals surface area contributed by atoms with Crippen molar-refractivity contribution in [3.63, 3.8) is 0 Å². The molecule has 1 aromatic carbocycles. The Kier molecular flexibility index (Phi) is 8.86. The first-order valence-electron chi connectivity index (χ1n) is 7.41. The van der Waals surface area contributed by atoms with Crippen LogP contribution in [0.15, 0.2) is 35.6 Å². The van der Waals surface area contributed by atoms with Crippen LogP contribution in [0.1, 0.15) is 24.1 Å². The van der Waals surface area contributed by atoms with Crippen LogP contribution in [0.5, 0.6) is 0 Å². The van der Waals surface area contributed by atoms with Gasteiger partial charge in [0.25, 0.3) is 0 Å². The molecule has 1 atom stereocenters. The summed E-state index contributed by atoms with van der Waals surface area (Å²) in [7, 11) is 1.74. The van der Waals surface area contributed by atoms with Gasteiger partial charge in [-0.15, -0.1) is 24.0 Å². The molecular weight excluding hydrogens is 460 g/mol. The van der Waals surface area contributed by atoms with Crippen LogP contribution in [-0.4, -0.2) is 29.3 Å². The van der Waals surface area contributed by atoms with Crippen LogP contribution in [0, 0.1) is 6.92 Å². The maximum atomic E-state index is 6.24. The Morgan fingerprint density at radius 1 is 1.38 bits per heavy atom. The van der Waals surface area contributed by atoms with Gasteiger partial charge in [0.1, 0.15) is 0 Å². The van der Waals surface area contributed by atoms with Gasteiger partial charge < -0.3 is 10.6 Å². The lowest BCUT2D eigenvalue weighted by molar-refractivity contribution is 0.591. The lowest BCUT2D eigenvalue weighted by Gasteiger charge is -2.19. The van der Waals surface area contributed by atoms with Crippen molar-refractivity contribution >= 4 is 53.1 Å². The van der Waals surface area contributed by atoms with Gasteiger partial charge in [-0.1, -0.05) is 29.3 Å². The summed E-state index contributed by atoms with van der Waals surface area (Å²) >= 11 is 12.2. The van der Waals surface area contributed by atoms with Crippen LogP contribution in [0.4, 0.5) is 0 Å². The number of hydrogen-bond acceptors (Lipinski definition) is 2. The number of aryl methyl sites for hydroxylation is 1. The third-order valence-electron chi connectivity index (χ3n) is 3.40. The molecule has 0 aliphatic rings. The molecule has 8 heteroatoms. The standard InChI is InChI=1S/C16H21Cl2N5.HI/c1-11-9-21-23(10-11)7-6-20-16(19-3)22-12(2)14-5-4-13(17)8-15(14)18;/h4-5,8-10,12H,6-7H2,1-3H3,(H2,19,20,22);1H. The lowest BCUT2D eigenvalue weighted by atomic mass is 10.1. The third kappa shape index (κ3) is 6.14. The number of nitrogens with zero attached hydrogens (tertiary/aromatic N) is 3. The predicted molar refractivity (Wildman–Crippen MR) is 112 cm³/mol. The van der Waals surface area contributed by atoms with Crippen LogP contribution in [0.25, 0.3) is 0 Å². The second kappa shape index (κ2) is 10.1. The summed E-state index contributed by atoms with van der Waals surface area (Å²) in [5, 5.41) is 12.1. The summed E-state index contributed by atoms with van der Waals surface area (Å²) < 4.78 is 1.90. The molecule has 5 nitrogen and oxygen atoms in total. The maximum absolute atomic E-state index is 6.24. The summed E-state index contributed by atoms with van der Waals surface area (Å²) in [5.74, 6) is 0.715. The molecule has 2 aromatic rings. The van der Waals surface area contributed by atoms with Crippen LogP contribution >= 0.6 is 47.2 Å². The van der Waals surface area contributed by atoms with E-state index >= 15 is 0 Å². The molecule has 0 bridgehead atoms. The topological polar surface area (TPSA) is 54.2 Å². The molecule has 24 heavy (non-hydrogen) atoms. The SMILES string of the molecule is CN=C(NCCn1cc(C)cn1)NC(C)c1ccc(Cl)cc1Cl.I. The molecule has 0 radical (unpaired) electrons. The van der Waals surface area contributed by atoms with Crippen LogP contribution in [-0.2, 0) is 6.54 Å². The van der Waals surface area contributed by atoms with Gasteiger partial charge in [0.2, 0.25) is 0 Å². The quantitative estimate of drug-likeness (QED) is 0.385. The van der Waals surface area contributed by atoms with Crippen molar-refractivity contribution in [1.82, 2.24) is 20.4 Å². The van der Waals surface area contributed by atoms with E-state index in [0.717, 1.165) is 24.2 Å². The minimum Gasteiger partial charge on any atom is -0.355 e. The molecule has 2 N–H and O–H groups in total. The molecule has 0 fully saturated rings. The van der Waals surface area contributed by atoms with E-state index in [9.17, 15) is 0 Å². The number of rotatable bonds is 5. The summed E-state index contributed by atoms with van der Waals surface area (Å²) in [6.45, 7) is 5.54. The molecule has 0 saturated heterocycles. The van der Waals surface area contributed by atoms with Gasteiger partial charge in [0.15, 0.2) is 5.96 Å². The number of aromatic nitrogens is 2. The zero-order chi connectivity index (χ0) is 16.8. The summed E-state index contributed by atoms with van der Waals surface area (Å²) in [6.07, 6.45) is 3.85. The van der Waals surface area contributed by atoms with E-state index in [4.69, 9.17) is 23.2 Å². The molecule has 1 unspecified atom stereocenters. The maximum Gasteiger partial charge on any atom is 0.191 e. The Morgan fingerprint density at radius 3 is 2.71 bits per heavy atom. The first-order valence-corrected chi connectivity index (χ1v) is 8.16. The second-order valence-corrected chi connectivity index (χ2v) is 6.16. The molecule has 1 aromatic heterocycles. The highest BCUT2D eigenvalue weighted by molar-refractivity contribution is 14.0. The molecule has 132 valence electrons. The van der Waals surface area contributed by atoms with Crippen molar-refractivity contribution < 1.29 is 0 Å². The minimum absolute atomic E-state index is 0. The molecule has 1 heterocycles. The van der Waals surface area contributed by atoms with Crippen molar-refractivity contribution in [2.24, 2.45) is 4.99 Å². The molecule has 0 spiro atoms. The summed E-state index contributed by atoms with van der Waals surface area (Å²) in [4.78, 5) is 4.23. The third-order valence-corrected chi connectivity index (χ3v) is 3.96. The fourth-order valence-electron chi connectivity index (χ4n) is 2.21. The highest BCUT2D eigenvalue weighted by Crippen LogP contribution is 2.25. The fraction of sp³-hybridized carbons (Fsp3) is 0.375. The van der Waals surface area contributed by atoms with Crippen molar-refractivity contribution in [3.8, 4) is 0 Å². The highest BCUT2D eigenvalue weighted by Gasteiger charge is 2.11. The van der Waals surface area contributed by atoms with Gasteiger partial charge in [-0.25, -0.2) is 0 Å². The number of nitrogens with one attached hydrogen (secondary N) is 2. The zero-order valence-corrected chi connectivity index (χ0v) is 17.7. The number of halogens is 3. The average molecular weight is 482 g/mol. The van der Waals surface area contributed by atoms with E-state index in [-0.39, 0.29) is 30.0 Å². The Hall–Kier alpha value is -0.990. The van der Waals surface area contributed by atoms with Gasteiger partial charge in [-0.2, -0.15) is 5.10 Å². The molecule has 0 aliphatic heterocycles. The van der Waals surface area contributed by atoms with Gasteiger partial charge in [0, 0.05) is 29.8 Å². The van der Waals surface area contributed by atoms with E-state index in [1.165, 1.54) is 0 Å². The minimum atomic E-state index is 0. The van der Waals surface area contributed by atoms with Gasteiger partial charge >= 0.3 is 0 Å². The smallest absolute Gasteiger partial charge is 0.191 e. The Labute approximate surface area is 169 Å². The van der Waals surface area contributed by atoms with Crippen molar-refractivity contribution in [1.29, 1.82) is 0 Å². The van der Waals surface area contributed by atoms with E-state index in [2.05, 4.69) is 20.7 Å². The van der Waals surface area contributed by atoms with Crippen LogP contribution in [0.3, 0.4) is 0 Å². The van der Waals surface area contributed by atoms with Crippen molar-refractivity contribution in [2.45, 2.75) is 26.4 Å². The van der Waals surface area contributed by atoms with E-state index in [0.29, 0.717) is 16.0 Å². The molecule has 0 aliphatic carbocycles. The van der Waals surface area contributed by atoms with Crippen molar-refractivity contribution in [2.75, 3.05) is 13.6 Å². The van der Waals surface area contributed by atoms with Gasteiger partial charge in [-0.3, -0.25) is 9.67 Å². The normalized spacial score (nSPS) is 12.5. The van der Waals surface area contributed by atoms with E-state index < -0.39 is 0 Å². The number of guanidine groups is 1. The fourth-order valence-corrected chi connectivity index (χ4v) is 2.78. The lowest BCUT2D eigenvalue weighted by Crippen LogP contribution is -2.40. The first kappa shape index (κ1) is 21.1. The number of aliphatic imine (C=N–C) groups is 1. The first-order chi connectivity index (χ1) is 11.0. The Balaban J connectivity index is 0.00000288. The van der Waals surface area contributed by atoms with E-state index in [1.807, 2.05) is 43.1 Å². The predicted octanol–water partition coefficient (Wildman–Crippen LogP) is 4.04. The Bertz CT molecular complexity index is 687. The van der Waals surface area contributed by atoms with Gasteiger partial charge in [0.05, 0.1) is 18.8 Å². The summed E-state index contributed by atoms with van der Waals surface area (Å²) in [6, 6.07) is 5.50. The zero-order valence-electron chi connectivity index (χ0n) is 13.9. The molecule has 0 saturated carbocycles. The molecule has 0 amide bonds. The monoisotopic (exact) mass is 481 g/mol. The summed E-state index contributed by atoms with van der Waals surface area (Å²) in [5.41, 5.74) is 2.13. The number of hydrogen-bond donors (Lipinski definition) is 2. The van der Waals surface area contributed by atoms with E-state index in [1.54, 1.807) is 13.1 Å². The average Bonchev–Trinajstić information content (AvgIpc) is 2.91. The highest BCUT2D eigenvalue weighted by atomic mass is 127. The largest absolute Gasteiger partial charge is 0.355 e. The number of benzene rings is 1.